The lowest BCUT2D eigenvalue weighted by Crippen LogP contribution is -2.61. The van der Waals surface area contributed by atoms with Gasteiger partial charge in [-0.3, -0.25) is 0 Å². The van der Waals surface area contributed by atoms with Crippen LogP contribution in [0.5, 0.6) is 0 Å². The fraction of sp³-hybridized carbons (Fsp3) is 1.00. The Morgan fingerprint density at radius 2 is 1.16 bits per heavy atom. The van der Waals surface area contributed by atoms with Gasteiger partial charge in [-0.2, -0.15) is 35.3 Å². The van der Waals surface area contributed by atoms with Crippen LogP contribution in [-0.4, -0.2) is 174 Å². The van der Waals surface area contributed by atoms with Crippen molar-refractivity contribution in [1.29, 1.82) is 0 Å². The Hall–Kier alpha value is 0.570. The molecule has 3 saturated heterocycles. The maximum atomic E-state index is 11.2. The minimum absolute atomic E-state index is 0.0237. The molecule has 10 N–H and O–H groups in total. The van der Waals surface area contributed by atoms with Gasteiger partial charge in [0.1, 0.15) is 18.3 Å². The first kappa shape index (κ1) is 42.7. The molecule has 5 fully saturated rings. The molecule has 15 atom stereocenters. The fourth-order valence-corrected chi connectivity index (χ4v) is 12.2. The van der Waals surface area contributed by atoms with E-state index in [0.717, 1.165) is 66.8 Å². The van der Waals surface area contributed by atoms with Crippen LogP contribution in [0.3, 0.4) is 0 Å². The monoisotopic (exact) mass is 781 g/mol. The van der Waals surface area contributed by atoms with Gasteiger partial charge < -0.3 is 61.2 Å². The van der Waals surface area contributed by atoms with Crippen molar-refractivity contribution in [2.75, 3.05) is 42.6 Å². The normalized spacial score (nSPS) is 41.9. The van der Waals surface area contributed by atoms with Crippen molar-refractivity contribution in [2.24, 2.45) is 0 Å². The third-order valence-corrected chi connectivity index (χ3v) is 15.4. The average molecular weight is 782 g/mol. The van der Waals surface area contributed by atoms with Crippen molar-refractivity contribution in [3.05, 3.63) is 0 Å². The van der Waals surface area contributed by atoms with E-state index in [1.165, 1.54) is 32.1 Å². The molecule has 3 unspecified atom stereocenters. The van der Waals surface area contributed by atoms with Crippen molar-refractivity contribution < 1.29 is 45.2 Å². The summed E-state index contributed by atoms with van der Waals surface area (Å²) in [5.74, 6) is 3.50. The third-order valence-electron chi connectivity index (χ3n) is 11.6. The molecule has 5 aliphatic rings. The molecule has 15 heteroatoms. The zero-order chi connectivity index (χ0) is 36.3. The van der Waals surface area contributed by atoms with Crippen molar-refractivity contribution in [2.45, 2.75) is 180 Å². The summed E-state index contributed by atoms with van der Waals surface area (Å²) in [7, 11) is 0. The summed E-state index contributed by atoms with van der Waals surface area (Å²) in [4.78, 5) is 0. The Labute approximate surface area is 317 Å². The first-order chi connectivity index (χ1) is 24.6. The van der Waals surface area contributed by atoms with Crippen LogP contribution in [0.25, 0.3) is 0 Å². The highest BCUT2D eigenvalue weighted by Crippen LogP contribution is 2.35. The van der Waals surface area contributed by atoms with E-state index >= 15 is 0 Å². The van der Waals surface area contributed by atoms with Crippen LogP contribution in [-0.2, 0) is 9.47 Å². The van der Waals surface area contributed by atoms with Gasteiger partial charge in [0.2, 0.25) is 0 Å². The highest BCUT2D eigenvalue weighted by atomic mass is 32.2. The molecule has 5 rings (SSSR count). The quantitative estimate of drug-likeness (QED) is 0.0869. The Morgan fingerprint density at radius 3 is 1.84 bits per heavy atom. The Bertz CT molecular complexity index is 993. The second kappa shape index (κ2) is 21.8. The first-order valence-electron chi connectivity index (χ1n) is 19.7. The van der Waals surface area contributed by atoms with Gasteiger partial charge in [0.05, 0.1) is 48.8 Å². The van der Waals surface area contributed by atoms with Crippen LogP contribution in [0.15, 0.2) is 0 Å². The number of aliphatic hydroxyl groups is 7. The van der Waals surface area contributed by atoms with E-state index in [0.29, 0.717) is 24.8 Å². The average Bonchev–Trinajstić information content (AvgIpc) is 3.57. The van der Waals surface area contributed by atoms with Gasteiger partial charge >= 0.3 is 0 Å². The molecule has 0 radical (unpaired) electrons. The third kappa shape index (κ3) is 12.8. The van der Waals surface area contributed by atoms with Gasteiger partial charge in [-0.1, -0.05) is 19.3 Å². The van der Waals surface area contributed by atoms with E-state index in [2.05, 4.69) is 16.0 Å². The lowest BCUT2D eigenvalue weighted by molar-refractivity contribution is -0.150. The maximum Gasteiger partial charge on any atom is 0.112 e. The zero-order valence-electron chi connectivity index (χ0n) is 30.3. The summed E-state index contributed by atoms with van der Waals surface area (Å²) in [5, 5.41) is 84.4. The largest absolute Gasteiger partial charge is 0.389 e. The van der Waals surface area contributed by atoms with E-state index in [4.69, 9.17) is 9.47 Å². The predicted molar refractivity (Wildman–Crippen MR) is 206 cm³/mol. The smallest absolute Gasteiger partial charge is 0.112 e. The highest BCUT2D eigenvalue weighted by Gasteiger charge is 2.42. The number of nitrogens with one attached hydrogen (secondary N) is 3. The van der Waals surface area contributed by atoms with Gasteiger partial charge in [-0.05, 0) is 87.7 Å². The van der Waals surface area contributed by atoms with Crippen LogP contribution < -0.4 is 16.0 Å². The van der Waals surface area contributed by atoms with Crippen molar-refractivity contribution in [3.63, 3.8) is 0 Å². The van der Waals surface area contributed by atoms with E-state index in [-0.39, 0.29) is 36.9 Å². The molecule has 2 saturated carbocycles. The number of rotatable bonds is 18. The molecule has 0 aromatic heterocycles. The number of aliphatic hydroxyl groups excluding tert-OH is 7. The SMILES string of the molecule is CC(CCSCC[C@H]1NC[C@@H](O)[C@H](O)[C@H]1O)O[C@@H]1[C@@H](O)[C@@H](CCSC2CCC(O[C@@H]3[C@@H](O)[C@@H](CCSC4CCCCC4)NC[C@H]3O)C2)NC[C@H]1O. The summed E-state index contributed by atoms with van der Waals surface area (Å²) < 4.78 is 12.6. The molecule has 0 amide bonds. The van der Waals surface area contributed by atoms with Crippen LogP contribution in [0, 0.1) is 0 Å². The Morgan fingerprint density at radius 1 is 0.588 bits per heavy atom. The fourth-order valence-electron chi connectivity index (χ4n) is 8.32. The summed E-state index contributed by atoms with van der Waals surface area (Å²) in [6.45, 7) is 3.05. The van der Waals surface area contributed by atoms with Crippen LogP contribution in [0.4, 0.5) is 0 Å². The van der Waals surface area contributed by atoms with E-state index < -0.39 is 54.9 Å². The number of hydrogen-bond donors (Lipinski definition) is 10. The van der Waals surface area contributed by atoms with Gasteiger partial charge in [0.15, 0.2) is 0 Å². The maximum absolute atomic E-state index is 11.2. The highest BCUT2D eigenvalue weighted by molar-refractivity contribution is 8.00. The van der Waals surface area contributed by atoms with Crippen molar-refractivity contribution in [3.8, 4) is 0 Å². The number of ether oxygens (including phenoxy) is 2. The molecule has 12 nitrogen and oxygen atoms in total. The van der Waals surface area contributed by atoms with Gasteiger partial charge in [-0.15, -0.1) is 0 Å². The van der Waals surface area contributed by atoms with Crippen molar-refractivity contribution >= 4 is 35.3 Å². The van der Waals surface area contributed by atoms with Gasteiger partial charge in [0.25, 0.3) is 0 Å². The van der Waals surface area contributed by atoms with Crippen LogP contribution in [0.1, 0.15) is 84.0 Å². The molecule has 298 valence electrons. The summed E-state index contributed by atoms with van der Waals surface area (Å²) in [5.41, 5.74) is 0. The number of hydrogen-bond acceptors (Lipinski definition) is 15. The Kier molecular flexibility index (Phi) is 18.2. The lowest BCUT2D eigenvalue weighted by atomic mass is 9.94. The molecular formula is C36H67N3O9S3. The molecule has 0 aromatic carbocycles. The molecule has 51 heavy (non-hydrogen) atoms. The van der Waals surface area contributed by atoms with E-state index in [9.17, 15) is 35.7 Å². The number of β-amino-alcohol motifs (C(OH)–C–C–N with tert-alkyl or cyclic N) is 3. The zero-order valence-corrected chi connectivity index (χ0v) is 32.8. The number of thioether (sulfide) groups is 3. The second-order valence-electron chi connectivity index (χ2n) is 15.5. The molecule has 3 heterocycles. The molecule has 0 spiro atoms. The molecular weight excluding hydrogens is 715 g/mol. The molecule has 0 bridgehead atoms. The second-order valence-corrected chi connectivity index (χ2v) is 19.6. The van der Waals surface area contributed by atoms with Gasteiger partial charge in [0, 0.05) is 48.3 Å². The van der Waals surface area contributed by atoms with Crippen LogP contribution in [0.2, 0.25) is 0 Å². The van der Waals surface area contributed by atoms with Gasteiger partial charge in [-0.25, -0.2) is 0 Å². The van der Waals surface area contributed by atoms with Crippen molar-refractivity contribution in [1.82, 2.24) is 16.0 Å². The topological polar surface area (TPSA) is 196 Å². The predicted octanol–water partition coefficient (Wildman–Crippen LogP) is 0.601. The lowest BCUT2D eigenvalue weighted by Gasteiger charge is -2.40. The minimum Gasteiger partial charge on any atom is -0.389 e. The Balaban J connectivity index is 0.949. The molecule has 0 aromatic rings. The first-order valence-corrected chi connectivity index (χ1v) is 22.9. The summed E-state index contributed by atoms with van der Waals surface area (Å²) >= 11 is 5.66. The van der Waals surface area contributed by atoms with E-state index in [1.807, 2.05) is 30.4 Å². The minimum atomic E-state index is -1.12. The summed E-state index contributed by atoms with van der Waals surface area (Å²) in [6.07, 6.45) is 5.11. The number of piperidine rings is 3. The van der Waals surface area contributed by atoms with Crippen LogP contribution >= 0.6 is 35.3 Å². The molecule has 2 aliphatic carbocycles. The van der Waals surface area contributed by atoms with E-state index in [1.54, 1.807) is 11.8 Å². The summed E-state index contributed by atoms with van der Waals surface area (Å²) in [6, 6.07) is -0.470. The molecule has 3 aliphatic heterocycles. The standard InChI is InChI=1S/C36H67N3O9S3/c1-21(9-13-49-14-10-25-31(43)34(46)28(40)18-37-25)47-35-29(41)19-38-26(32(35)44)12-16-51-24-8-7-22(17-24)48-36-30(42)20-39-27(33(36)45)11-15-50-23-5-3-2-4-6-23/h21-46H,2-20H2,1H3/t21?,22?,24?,25-,26-,27-,28-,29-,30-,31+,32+,33+,34+,35+,36+/m1/s1.